The van der Waals surface area contributed by atoms with E-state index in [2.05, 4.69) is 4.90 Å². The Labute approximate surface area is 114 Å². The Hall–Kier alpha value is -0.900. The molecule has 0 aliphatic heterocycles. The van der Waals surface area contributed by atoms with Gasteiger partial charge in [-0.15, -0.1) is 0 Å². The molecule has 1 aromatic carbocycles. The SMILES string of the molecule is COCCCN(C)CCC(=O)c1ccc(Cl)cc1. The maximum Gasteiger partial charge on any atom is 0.164 e. The number of Topliss-reactive ketones (excluding diaryl/α,β-unsaturated/α-hetero) is 1. The fraction of sp³-hybridized carbons (Fsp3) is 0.500. The second-order valence-electron chi connectivity index (χ2n) is 4.33. The van der Waals surface area contributed by atoms with Crippen LogP contribution in [-0.4, -0.2) is 44.5 Å². The molecule has 3 nitrogen and oxygen atoms in total. The summed E-state index contributed by atoms with van der Waals surface area (Å²) in [5.74, 6) is 0.158. The van der Waals surface area contributed by atoms with Crippen molar-refractivity contribution in [2.75, 3.05) is 33.9 Å². The van der Waals surface area contributed by atoms with Crippen molar-refractivity contribution >= 4 is 17.4 Å². The van der Waals surface area contributed by atoms with Gasteiger partial charge in [0.15, 0.2) is 5.78 Å². The van der Waals surface area contributed by atoms with Gasteiger partial charge in [-0.1, -0.05) is 11.6 Å². The van der Waals surface area contributed by atoms with Gasteiger partial charge in [0.25, 0.3) is 0 Å². The maximum atomic E-state index is 11.9. The number of halogens is 1. The summed E-state index contributed by atoms with van der Waals surface area (Å²) in [5, 5.41) is 0.656. The first-order valence-corrected chi connectivity index (χ1v) is 6.47. The summed E-state index contributed by atoms with van der Waals surface area (Å²) in [6.45, 7) is 2.47. The van der Waals surface area contributed by atoms with Crippen LogP contribution in [0.3, 0.4) is 0 Å². The Morgan fingerprint density at radius 2 is 1.94 bits per heavy atom. The molecule has 0 radical (unpaired) electrons. The van der Waals surface area contributed by atoms with Crippen molar-refractivity contribution in [2.45, 2.75) is 12.8 Å². The van der Waals surface area contributed by atoms with Gasteiger partial charge in [-0.2, -0.15) is 0 Å². The quantitative estimate of drug-likeness (QED) is 0.537. The molecule has 0 bridgehead atoms. The van der Waals surface area contributed by atoms with E-state index in [1.165, 1.54) is 0 Å². The minimum absolute atomic E-state index is 0.158. The Balaban J connectivity index is 2.30. The van der Waals surface area contributed by atoms with Gasteiger partial charge in [0.05, 0.1) is 0 Å². The smallest absolute Gasteiger partial charge is 0.164 e. The number of hydrogen-bond acceptors (Lipinski definition) is 3. The van der Waals surface area contributed by atoms with Crippen LogP contribution in [0.2, 0.25) is 5.02 Å². The molecule has 1 aromatic rings. The van der Waals surface area contributed by atoms with E-state index in [4.69, 9.17) is 16.3 Å². The second kappa shape index (κ2) is 8.25. The Kier molecular flexibility index (Phi) is 6.94. The molecule has 100 valence electrons. The molecular formula is C14H20ClNO2. The van der Waals surface area contributed by atoms with Crippen LogP contribution in [-0.2, 0) is 4.74 Å². The van der Waals surface area contributed by atoms with Crippen molar-refractivity contribution in [3.8, 4) is 0 Å². The number of benzene rings is 1. The average Bonchev–Trinajstić information content (AvgIpc) is 2.37. The number of ether oxygens (including phenoxy) is 1. The molecule has 0 N–H and O–H groups in total. The highest BCUT2D eigenvalue weighted by atomic mass is 35.5. The first-order valence-electron chi connectivity index (χ1n) is 6.09. The van der Waals surface area contributed by atoms with E-state index < -0.39 is 0 Å². The monoisotopic (exact) mass is 269 g/mol. The fourth-order valence-electron chi connectivity index (χ4n) is 1.66. The average molecular weight is 270 g/mol. The van der Waals surface area contributed by atoms with Gasteiger partial charge in [-0.05, 0) is 37.7 Å². The van der Waals surface area contributed by atoms with Crippen LogP contribution in [0.4, 0.5) is 0 Å². The summed E-state index contributed by atoms with van der Waals surface area (Å²) in [6.07, 6.45) is 1.52. The van der Waals surface area contributed by atoms with Crippen LogP contribution in [0.25, 0.3) is 0 Å². The standard InChI is InChI=1S/C14H20ClNO2/c1-16(9-3-11-18-2)10-8-14(17)12-4-6-13(15)7-5-12/h4-7H,3,8-11H2,1-2H3. The Morgan fingerprint density at radius 3 is 2.56 bits per heavy atom. The summed E-state index contributed by atoms with van der Waals surface area (Å²) in [5.41, 5.74) is 0.727. The third kappa shape index (κ3) is 5.63. The second-order valence-corrected chi connectivity index (χ2v) is 4.77. The van der Waals surface area contributed by atoms with Crippen molar-refractivity contribution in [1.29, 1.82) is 0 Å². The van der Waals surface area contributed by atoms with E-state index in [9.17, 15) is 4.79 Å². The van der Waals surface area contributed by atoms with Crippen molar-refractivity contribution in [3.05, 3.63) is 34.9 Å². The van der Waals surface area contributed by atoms with Crippen molar-refractivity contribution < 1.29 is 9.53 Å². The molecule has 18 heavy (non-hydrogen) atoms. The third-order valence-electron chi connectivity index (χ3n) is 2.78. The van der Waals surface area contributed by atoms with Crippen LogP contribution in [0.5, 0.6) is 0 Å². The predicted octanol–water partition coefficient (Wildman–Crippen LogP) is 2.88. The topological polar surface area (TPSA) is 29.5 Å². The summed E-state index contributed by atoms with van der Waals surface area (Å²) in [4.78, 5) is 14.0. The van der Waals surface area contributed by atoms with Crippen LogP contribution in [0.15, 0.2) is 24.3 Å². The lowest BCUT2D eigenvalue weighted by atomic mass is 10.1. The normalized spacial score (nSPS) is 10.9. The zero-order chi connectivity index (χ0) is 13.4. The zero-order valence-corrected chi connectivity index (χ0v) is 11.7. The molecule has 0 atom stereocenters. The predicted molar refractivity (Wildman–Crippen MR) is 74.4 cm³/mol. The lowest BCUT2D eigenvalue weighted by Gasteiger charge is -2.15. The lowest BCUT2D eigenvalue weighted by molar-refractivity contribution is 0.0967. The highest BCUT2D eigenvalue weighted by Gasteiger charge is 2.07. The van der Waals surface area contributed by atoms with Gasteiger partial charge in [-0.3, -0.25) is 4.79 Å². The molecule has 0 aliphatic rings. The molecule has 0 unspecified atom stereocenters. The number of hydrogen-bond donors (Lipinski definition) is 0. The fourth-order valence-corrected chi connectivity index (χ4v) is 1.79. The summed E-state index contributed by atoms with van der Waals surface area (Å²) < 4.78 is 4.99. The summed E-state index contributed by atoms with van der Waals surface area (Å²) >= 11 is 5.78. The van der Waals surface area contributed by atoms with Crippen LogP contribution >= 0.6 is 11.6 Å². The van der Waals surface area contributed by atoms with Crippen molar-refractivity contribution in [3.63, 3.8) is 0 Å². The highest BCUT2D eigenvalue weighted by Crippen LogP contribution is 2.11. The minimum Gasteiger partial charge on any atom is -0.385 e. The van der Waals surface area contributed by atoms with E-state index in [0.29, 0.717) is 11.4 Å². The molecule has 4 heteroatoms. The molecule has 0 spiro atoms. The molecule has 1 rings (SSSR count). The van der Waals surface area contributed by atoms with Gasteiger partial charge in [0.2, 0.25) is 0 Å². The third-order valence-corrected chi connectivity index (χ3v) is 3.03. The molecule has 0 aromatic heterocycles. The van der Waals surface area contributed by atoms with E-state index in [0.717, 1.165) is 31.7 Å². The largest absolute Gasteiger partial charge is 0.385 e. The molecule has 0 saturated carbocycles. The number of ketones is 1. The minimum atomic E-state index is 0.158. The van der Waals surface area contributed by atoms with Gasteiger partial charge in [0, 0.05) is 43.8 Å². The van der Waals surface area contributed by atoms with Crippen LogP contribution in [0, 0.1) is 0 Å². The first kappa shape index (κ1) is 15.2. The zero-order valence-electron chi connectivity index (χ0n) is 11.0. The highest BCUT2D eigenvalue weighted by molar-refractivity contribution is 6.30. The summed E-state index contributed by atoms with van der Waals surface area (Å²) in [6, 6.07) is 7.04. The molecule has 0 amide bonds. The number of carbonyl (C=O) groups is 1. The summed E-state index contributed by atoms with van der Waals surface area (Å²) in [7, 11) is 3.72. The molecule has 0 fully saturated rings. The van der Waals surface area contributed by atoms with E-state index in [1.807, 2.05) is 7.05 Å². The van der Waals surface area contributed by atoms with Crippen molar-refractivity contribution in [2.24, 2.45) is 0 Å². The number of nitrogens with zero attached hydrogens (tertiary/aromatic N) is 1. The van der Waals surface area contributed by atoms with Crippen molar-refractivity contribution in [1.82, 2.24) is 4.90 Å². The van der Waals surface area contributed by atoms with E-state index in [-0.39, 0.29) is 5.78 Å². The van der Waals surface area contributed by atoms with Crippen LogP contribution < -0.4 is 0 Å². The van der Waals surface area contributed by atoms with Gasteiger partial charge < -0.3 is 9.64 Å². The molecule has 0 heterocycles. The number of carbonyl (C=O) groups excluding carboxylic acids is 1. The number of methoxy groups -OCH3 is 1. The van der Waals surface area contributed by atoms with Gasteiger partial charge in [-0.25, -0.2) is 0 Å². The molecular weight excluding hydrogens is 250 g/mol. The first-order chi connectivity index (χ1) is 8.63. The number of rotatable bonds is 8. The maximum absolute atomic E-state index is 11.9. The Morgan fingerprint density at radius 1 is 1.28 bits per heavy atom. The lowest BCUT2D eigenvalue weighted by Crippen LogP contribution is -2.23. The van der Waals surface area contributed by atoms with E-state index >= 15 is 0 Å². The molecule has 0 aliphatic carbocycles. The Bertz CT molecular complexity index is 365. The van der Waals surface area contributed by atoms with E-state index in [1.54, 1.807) is 31.4 Å². The van der Waals surface area contributed by atoms with Gasteiger partial charge >= 0.3 is 0 Å². The van der Waals surface area contributed by atoms with Crippen LogP contribution in [0.1, 0.15) is 23.2 Å². The van der Waals surface area contributed by atoms with Gasteiger partial charge in [0.1, 0.15) is 0 Å². The molecule has 0 saturated heterocycles.